The van der Waals surface area contributed by atoms with Gasteiger partial charge in [0.15, 0.2) is 0 Å². The molecule has 0 spiro atoms. The molecule has 1 N–H and O–H groups in total. The van der Waals surface area contributed by atoms with Crippen molar-refractivity contribution in [3.8, 4) is 12.3 Å². The van der Waals surface area contributed by atoms with Gasteiger partial charge in [-0.25, -0.2) is 0 Å². The van der Waals surface area contributed by atoms with E-state index in [1.54, 1.807) is 0 Å². The first kappa shape index (κ1) is 12.0. The molecule has 0 aromatic heterocycles. The smallest absolute Gasteiger partial charge is 0.307 e. The van der Waals surface area contributed by atoms with Crippen LogP contribution in [0.3, 0.4) is 0 Å². The second kappa shape index (κ2) is 5.64. The molecular weight excluding hydrogens is 164 g/mol. The monoisotopic (exact) mass is 182 g/mol. The minimum Gasteiger partial charge on any atom is -0.481 e. The average molecular weight is 182 g/mol. The summed E-state index contributed by atoms with van der Waals surface area (Å²) < 4.78 is 0. The molecular formula is C11H18O2. The van der Waals surface area contributed by atoms with Gasteiger partial charge in [0.1, 0.15) is 0 Å². The molecule has 0 saturated heterocycles. The molecule has 0 aliphatic heterocycles. The van der Waals surface area contributed by atoms with Gasteiger partial charge in [0.25, 0.3) is 0 Å². The fraction of sp³-hybridized carbons (Fsp3) is 0.727. The molecule has 2 heteroatoms. The summed E-state index contributed by atoms with van der Waals surface area (Å²) in [6.07, 6.45) is 6.12. The van der Waals surface area contributed by atoms with Crippen molar-refractivity contribution in [1.29, 1.82) is 0 Å². The molecule has 0 bridgehead atoms. The van der Waals surface area contributed by atoms with E-state index in [1.807, 2.05) is 0 Å². The molecule has 0 aliphatic rings. The van der Waals surface area contributed by atoms with E-state index in [4.69, 9.17) is 11.5 Å². The van der Waals surface area contributed by atoms with Crippen molar-refractivity contribution < 1.29 is 9.90 Å². The molecule has 0 fully saturated rings. The molecule has 0 amide bonds. The molecule has 2 nitrogen and oxygen atoms in total. The Morgan fingerprint density at radius 2 is 2.00 bits per heavy atom. The lowest BCUT2D eigenvalue weighted by Gasteiger charge is -2.18. The van der Waals surface area contributed by atoms with Gasteiger partial charge in [-0.05, 0) is 18.3 Å². The Kier molecular flexibility index (Phi) is 5.22. The summed E-state index contributed by atoms with van der Waals surface area (Å²) in [6, 6.07) is 0. The number of aliphatic carboxylic acids is 1. The van der Waals surface area contributed by atoms with E-state index in [2.05, 4.69) is 26.7 Å². The van der Waals surface area contributed by atoms with Crippen molar-refractivity contribution in [2.24, 2.45) is 17.8 Å². The van der Waals surface area contributed by atoms with E-state index < -0.39 is 5.97 Å². The number of hydrogen-bond donors (Lipinski definition) is 1. The maximum Gasteiger partial charge on any atom is 0.307 e. The quantitative estimate of drug-likeness (QED) is 0.663. The highest BCUT2D eigenvalue weighted by molar-refractivity contribution is 5.70. The van der Waals surface area contributed by atoms with Crippen LogP contribution in [0.5, 0.6) is 0 Å². The lowest BCUT2D eigenvalue weighted by molar-refractivity contribution is -0.142. The van der Waals surface area contributed by atoms with Crippen molar-refractivity contribution in [2.45, 2.75) is 33.6 Å². The van der Waals surface area contributed by atoms with Gasteiger partial charge in [-0.1, -0.05) is 20.8 Å². The highest BCUT2D eigenvalue weighted by atomic mass is 16.4. The fourth-order valence-corrected chi connectivity index (χ4v) is 1.13. The molecule has 0 aromatic carbocycles. The van der Waals surface area contributed by atoms with Crippen molar-refractivity contribution in [1.82, 2.24) is 0 Å². The zero-order valence-electron chi connectivity index (χ0n) is 8.58. The third kappa shape index (κ3) is 4.57. The summed E-state index contributed by atoms with van der Waals surface area (Å²) in [5, 5.41) is 8.84. The van der Waals surface area contributed by atoms with Crippen LogP contribution < -0.4 is 0 Å². The van der Waals surface area contributed by atoms with Gasteiger partial charge in [-0.3, -0.25) is 4.79 Å². The Morgan fingerprint density at radius 1 is 1.46 bits per heavy atom. The first-order chi connectivity index (χ1) is 5.99. The Labute approximate surface area is 80.3 Å². The van der Waals surface area contributed by atoms with Gasteiger partial charge in [0.05, 0.1) is 5.92 Å². The number of carboxylic acid groups (broad SMARTS) is 1. The van der Waals surface area contributed by atoms with Gasteiger partial charge < -0.3 is 5.11 Å². The van der Waals surface area contributed by atoms with Crippen LogP contribution in [-0.2, 0) is 4.79 Å². The molecule has 0 saturated carbocycles. The Balaban J connectivity index is 4.11. The predicted octanol–water partition coefficient (Wildman–Crippen LogP) is 2.39. The highest BCUT2D eigenvalue weighted by Gasteiger charge is 2.20. The van der Waals surface area contributed by atoms with E-state index >= 15 is 0 Å². The van der Waals surface area contributed by atoms with Crippen LogP contribution in [0.15, 0.2) is 0 Å². The van der Waals surface area contributed by atoms with Crippen LogP contribution in [0.1, 0.15) is 33.6 Å². The maximum absolute atomic E-state index is 10.8. The maximum atomic E-state index is 10.8. The summed E-state index contributed by atoms with van der Waals surface area (Å²) in [4.78, 5) is 10.8. The minimum atomic E-state index is -0.773. The number of carboxylic acids is 1. The van der Waals surface area contributed by atoms with Crippen molar-refractivity contribution in [3.63, 3.8) is 0 Å². The zero-order chi connectivity index (χ0) is 10.4. The largest absolute Gasteiger partial charge is 0.481 e. The van der Waals surface area contributed by atoms with Gasteiger partial charge in [0.2, 0.25) is 0 Å². The molecule has 2 unspecified atom stereocenters. The minimum absolute atomic E-state index is 0.340. The van der Waals surface area contributed by atoms with E-state index in [0.717, 1.165) is 0 Å². The number of rotatable bonds is 5. The van der Waals surface area contributed by atoms with Gasteiger partial charge in [0, 0.05) is 6.42 Å². The van der Waals surface area contributed by atoms with E-state index in [9.17, 15) is 4.79 Å². The molecule has 0 rings (SSSR count). The molecule has 0 heterocycles. The predicted molar refractivity (Wildman–Crippen MR) is 53.2 cm³/mol. The van der Waals surface area contributed by atoms with Gasteiger partial charge in [-0.15, -0.1) is 12.3 Å². The molecule has 2 atom stereocenters. The molecule has 13 heavy (non-hydrogen) atoms. The second-order valence-electron chi connectivity index (χ2n) is 3.90. The first-order valence-corrected chi connectivity index (χ1v) is 4.65. The third-order valence-electron chi connectivity index (χ3n) is 2.51. The molecule has 0 aliphatic carbocycles. The fourth-order valence-electron chi connectivity index (χ4n) is 1.13. The Morgan fingerprint density at radius 3 is 2.31 bits per heavy atom. The topological polar surface area (TPSA) is 37.3 Å². The second-order valence-corrected chi connectivity index (χ2v) is 3.90. The average Bonchev–Trinajstić information content (AvgIpc) is 2.03. The highest BCUT2D eigenvalue weighted by Crippen LogP contribution is 2.21. The van der Waals surface area contributed by atoms with E-state index in [1.165, 1.54) is 0 Å². The summed E-state index contributed by atoms with van der Waals surface area (Å²) in [7, 11) is 0. The summed E-state index contributed by atoms with van der Waals surface area (Å²) in [5.41, 5.74) is 0. The third-order valence-corrected chi connectivity index (χ3v) is 2.51. The zero-order valence-corrected chi connectivity index (χ0v) is 8.58. The number of carbonyl (C=O) groups is 1. The summed E-state index contributed by atoms with van der Waals surface area (Å²) in [6.45, 7) is 6.26. The van der Waals surface area contributed by atoms with Crippen LogP contribution in [0.2, 0.25) is 0 Å². The SMILES string of the molecule is C#CCC(CC(C)C(C)C)C(=O)O. The Hall–Kier alpha value is -0.970. The molecule has 0 radical (unpaired) electrons. The van der Waals surface area contributed by atoms with Gasteiger partial charge >= 0.3 is 5.97 Å². The van der Waals surface area contributed by atoms with E-state index in [0.29, 0.717) is 24.7 Å². The van der Waals surface area contributed by atoms with Crippen LogP contribution in [0.25, 0.3) is 0 Å². The van der Waals surface area contributed by atoms with Crippen LogP contribution in [0.4, 0.5) is 0 Å². The molecule has 74 valence electrons. The van der Waals surface area contributed by atoms with Crippen molar-refractivity contribution in [3.05, 3.63) is 0 Å². The van der Waals surface area contributed by atoms with Crippen molar-refractivity contribution >= 4 is 5.97 Å². The molecule has 0 aromatic rings. The lowest BCUT2D eigenvalue weighted by atomic mass is 9.86. The van der Waals surface area contributed by atoms with E-state index in [-0.39, 0.29) is 5.92 Å². The number of terminal acetylenes is 1. The van der Waals surface area contributed by atoms with Crippen LogP contribution in [0, 0.1) is 30.1 Å². The Bertz CT molecular complexity index is 201. The standard InChI is InChI=1S/C11H18O2/c1-5-6-10(11(12)13)7-9(4)8(2)3/h1,8-10H,6-7H2,2-4H3,(H,12,13). The van der Waals surface area contributed by atoms with Crippen LogP contribution in [-0.4, -0.2) is 11.1 Å². The van der Waals surface area contributed by atoms with Gasteiger partial charge in [-0.2, -0.15) is 0 Å². The normalized spacial score (nSPS) is 15.0. The number of hydrogen-bond acceptors (Lipinski definition) is 1. The first-order valence-electron chi connectivity index (χ1n) is 4.65. The van der Waals surface area contributed by atoms with Crippen LogP contribution >= 0.6 is 0 Å². The lowest BCUT2D eigenvalue weighted by Crippen LogP contribution is -2.18. The summed E-state index contributed by atoms with van der Waals surface area (Å²) >= 11 is 0. The van der Waals surface area contributed by atoms with Crippen molar-refractivity contribution in [2.75, 3.05) is 0 Å². The summed E-state index contributed by atoms with van der Waals surface area (Å²) in [5.74, 6) is 2.19.